The van der Waals surface area contributed by atoms with Crippen molar-refractivity contribution in [2.45, 2.75) is 24.2 Å². The smallest absolute Gasteiger partial charge is 0.260 e. The van der Waals surface area contributed by atoms with Gasteiger partial charge in [0.1, 0.15) is 5.82 Å². The topological polar surface area (TPSA) is 116 Å². The first-order valence-electron chi connectivity index (χ1n) is 16.5. The first-order valence-corrected chi connectivity index (χ1v) is 18.8. The minimum Gasteiger partial charge on any atom is -0.504 e. The van der Waals surface area contributed by atoms with Crippen molar-refractivity contribution in [2.75, 3.05) is 17.4 Å². The maximum Gasteiger partial charge on any atom is 0.260 e. The van der Waals surface area contributed by atoms with Crippen molar-refractivity contribution in [1.29, 1.82) is 0 Å². The lowest BCUT2D eigenvalue weighted by atomic mass is 9.49. The Balaban J connectivity index is 1.35. The average Bonchev–Trinajstić information content (AvgIpc) is 3.51. The number of nitrogens with zero attached hydrogens (tertiary/aromatic N) is 2. The molecule has 0 radical (unpaired) electrons. The summed E-state index contributed by atoms with van der Waals surface area (Å²) in [6.07, 6.45) is 2.30. The van der Waals surface area contributed by atoms with E-state index in [-0.39, 0.29) is 36.2 Å². The molecule has 13 heteroatoms. The van der Waals surface area contributed by atoms with Gasteiger partial charge < -0.3 is 9.84 Å². The summed E-state index contributed by atoms with van der Waals surface area (Å²) < 4.78 is 20.7. The predicted molar refractivity (Wildman–Crippen MR) is 203 cm³/mol. The molecule has 6 unspecified atom stereocenters. The van der Waals surface area contributed by atoms with Gasteiger partial charge in [-0.15, -0.1) is 0 Å². The van der Waals surface area contributed by atoms with Gasteiger partial charge >= 0.3 is 0 Å². The minimum absolute atomic E-state index is 0.0795. The number of anilines is 2. The highest BCUT2D eigenvalue weighted by Gasteiger charge is 2.70. The van der Waals surface area contributed by atoms with Crippen LogP contribution >= 0.6 is 50.1 Å². The Bertz CT molecular complexity index is 2200. The van der Waals surface area contributed by atoms with Crippen molar-refractivity contribution in [3.63, 3.8) is 0 Å². The van der Waals surface area contributed by atoms with E-state index in [1.54, 1.807) is 60.7 Å². The fourth-order valence-corrected chi connectivity index (χ4v) is 9.81. The Kier molecular flexibility index (Phi) is 8.69. The van der Waals surface area contributed by atoms with Crippen molar-refractivity contribution in [2.24, 2.45) is 23.7 Å². The zero-order valence-corrected chi connectivity index (χ0v) is 31.9. The molecule has 4 amide bonds. The number of methoxy groups -OCH3 is 1. The summed E-state index contributed by atoms with van der Waals surface area (Å²) in [7, 11) is 1.43. The molecule has 4 aromatic rings. The van der Waals surface area contributed by atoms with E-state index in [4.69, 9.17) is 16.3 Å². The molecule has 2 aliphatic carbocycles. The van der Waals surface area contributed by atoms with Crippen molar-refractivity contribution in [1.82, 2.24) is 5.01 Å². The van der Waals surface area contributed by atoms with Crippen LogP contribution in [0.25, 0.3) is 0 Å². The van der Waals surface area contributed by atoms with Gasteiger partial charge in [0.25, 0.3) is 11.8 Å². The van der Waals surface area contributed by atoms with Gasteiger partial charge in [-0.05, 0) is 125 Å². The number of carbonyl (C=O) groups is 4. The second kappa shape index (κ2) is 13.0. The number of phenols is 1. The van der Waals surface area contributed by atoms with Gasteiger partial charge in [-0.25, -0.2) is 4.39 Å². The van der Waals surface area contributed by atoms with Crippen LogP contribution in [0.1, 0.15) is 29.9 Å². The zero-order valence-electron chi connectivity index (χ0n) is 27.4. The number of carbonyl (C=O) groups excluding carboxylic acids is 4. The predicted octanol–water partition coefficient (Wildman–Crippen LogP) is 7.75. The van der Waals surface area contributed by atoms with Gasteiger partial charge in [0.15, 0.2) is 11.5 Å². The number of aromatic hydroxyl groups is 1. The van der Waals surface area contributed by atoms with E-state index >= 15 is 4.79 Å². The molecule has 0 aromatic heterocycles. The number of nitrogens with one attached hydrogen (secondary N) is 1. The molecule has 2 saturated heterocycles. The molecule has 8 rings (SSSR count). The number of hydrogen-bond acceptors (Lipinski definition) is 7. The fraction of sp³-hybridized carbons (Fsp3) is 0.231. The van der Waals surface area contributed by atoms with Crippen LogP contribution < -0.4 is 15.1 Å². The molecule has 264 valence electrons. The highest BCUT2D eigenvalue weighted by molar-refractivity contribution is 14.1. The third-order valence-corrected chi connectivity index (χ3v) is 12.5. The second-order valence-electron chi connectivity index (χ2n) is 13.4. The molecule has 2 aliphatic heterocycles. The third-order valence-electron chi connectivity index (χ3n) is 10.9. The monoisotopic (exact) mass is 895 g/mol. The summed E-state index contributed by atoms with van der Waals surface area (Å²) in [5, 5.41) is 12.3. The van der Waals surface area contributed by atoms with Gasteiger partial charge in [0.2, 0.25) is 11.8 Å². The number of fused-ring (bicyclic) bond motifs is 4. The Morgan fingerprint density at radius 2 is 1.63 bits per heavy atom. The number of amides is 4. The molecule has 0 bridgehead atoms. The summed E-state index contributed by atoms with van der Waals surface area (Å²) >= 11 is 11.8. The van der Waals surface area contributed by atoms with Crippen LogP contribution in [-0.2, 0) is 24.6 Å². The van der Waals surface area contributed by atoms with Crippen LogP contribution in [0, 0.1) is 33.1 Å². The van der Waals surface area contributed by atoms with Gasteiger partial charge in [-0.2, -0.15) is 5.01 Å². The van der Waals surface area contributed by atoms with E-state index < -0.39 is 52.6 Å². The lowest BCUT2D eigenvalue weighted by Gasteiger charge is -2.50. The van der Waals surface area contributed by atoms with Crippen molar-refractivity contribution >= 4 is 85.1 Å². The van der Waals surface area contributed by atoms with Crippen molar-refractivity contribution in [3.8, 4) is 11.5 Å². The number of imide groups is 2. The van der Waals surface area contributed by atoms with Crippen LogP contribution in [-0.4, -0.2) is 40.9 Å². The molecule has 52 heavy (non-hydrogen) atoms. The molecule has 9 nitrogen and oxygen atoms in total. The summed E-state index contributed by atoms with van der Waals surface area (Å²) in [6, 6.07) is 22.5. The number of hydrogen-bond donors (Lipinski definition) is 2. The van der Waals surface area contributed by atoms with Crippen LogP contribution in [0.5, 0.6) is 11.5 Å². The first kappa shape index (κ1) is 34.8. The lowest BCUT2D eigenvalue weighted by molar-refractivity contribution is -0.138. The van der Waals surface area contributed by atoms with Crippen LogP contribution in [0.4, 0.5) is 15.8 Å². The lowest BCUT2D eigenvalue weighted by Crippen LogP contribution is -2.53. The highest BCUT2D eigenvalue weighted by atomic mass is 127. The molecule has 3 fully saturated rings. The van der Waals surface area contributed by atoms with Gasteiger partial charge in [0, 0.05) is 15.4 Å². The molecule has 2 N–H and O–H groups in total. The quantitative estimate of drug-likeness (QED) is 0.116. The average molecular weight is 897 g/mol. The number of phenolic OH excluding ortho intramolecular Hbond substituents is 1. The van der Waals surface area contributed by atoms with Crippen LogP contribution in [0.3, 0.4) is 0 Å². The van der Waals surface area contributed by atoms with Crippen LogP contribution in [0.2, 0.25) is 5.02 Å². The van der Waals surface area contributed by atoms with Crippen LogP contribution in [0.15, 0.2) is 101 Å². The SMILES string of the molecule is COc1cc(C2C3=CCC4C(=O)N(c5ccc(Br)cc5)C(=O)C4C3CC3C(=O)N(Nc4ccc(F)cc4)C(=O)C32c2ccc(Cl)cc2)cc(I)c1O. The summed E-state index contributed by atoms with van der Waals surface area (Å²) in [5.74, 6) is -6.04. The molecule has 6 atom stereocenters. The van der Waals surface area contributed by atoms with Gasteiger partial charge in [-0.1, -0.05) is 51.3 Å². The highest BCUT2D eigenvalue weighted by Crippen LogP contribution is 2.64. The summed E-state index contributed by atoms with van der Waals surface area (Å²) in [6.45, 7) is 0. The molecule has 4 aromatic carbocycles. The van der Waals surface area contributed by atoms with E-state index in [0.717, 1.165) is 15.1 Å². The maximum atomic E-state index is 15.3. The minimum atomic E-state index is -1.56. The van der Waals surface area contributed by atoms with Gasteiger partial charge in [-0.3, -0.25) is 29.5 Å². The number of hydrazine groups is 1. The van der Waals surface area contributed by atoms with E-state index in [9.17, 15) is 23.9 Å². The number of rotatable bonds is 6. The standard InChI is InChI=1S/C39H29BrClFIN3O6/c1-52-31-17-19(16-30(43)34(31)47)33-26-14-15-27-32(37(50)45(35(27)48)25-12-4-21(40)5-13-25)28(26)18-29-36(49)46(44-24-10-8-23(42)9-11-24)38(51)39(29,33)20-2-6-22(41)7-3-20/h2-14,16-17,27-29,32-33,44,47H,15,18H2,1H3. The normalized spacial score (nSPS) is 26.6. The Labute approximate surface area is 325 Å². The number of ether oxygens (including phenoxy) is 1. The Hall–Kier alpha value is -4.27. The zero-order chi connectivity index (χ0) is 36.6. The molecule has 2 heterocycles. The molecular formula is C39H29BrClFIN3O6. The van der Waals surface area contributed by atoms with E-state index in [1.165, 1.54) is 36.3 Å². The maximum absolute atomic E-state index is 15.3. The Morgan fingerprint density at radius 3 is 2.31 bits per heavy atom. The molecule has 0 spiro atoms. The van der Waals surface area contributed by atoms with Crippen molar-refractivity contribution in [3.05, 3.63) is 127 Å². The van der Waals surface area contributed by atoms with Crippen molar-refractivity contribution < 1.29 is 33.4 Å². The molecular weight excluding hydrogens is 868 g/mol. The number of halogens is 4. The molecule has 1 saturated carbocycles. The second-order valence-corrected chi connectivity index (χ2v) is 15.9. The fourth-order valence-electron chi connectivity index (χ4n) is 8.79. The first-order chi connectivity index (χ1) is 24.9. The van der Waals surface area contributed by atoms with Gasteiger partial charge in [0.05, 0.1) is 45.2 Å². The largest absolute Gasteiger partial charge is 0.504 e. The number of benzene rings is 4. The molecule has 4 aliphatic rings. The van der Waals surface area contributed by atoms with E-state index in [2.05, 4.69) is 21.4 Å². The summed E-state index contributed by atoms with van der Waals surface area (Å²) in [4.78, 5) is 59.8. The van der Waals surface area contributed by atoms with E-state index in [1.807, 2.05) is 28.7 Å². The summed E-state index contributed by atoms with van der Waals surface area (Å²) in [5.41, 5.74) is 4.02. The number of allylic oxidation sites excluding steroid dienone is 2. The third kappa shape index (κ3) is 5.19. The Morgan fingerprint density at radius 1 is 0.942 bits per heavy atom. The van der Waals surface area contributed by atoms with E-state index in [0.29, 0.717) is 31.1 Å².